The van der Waals surface area contributed by atoms with Crippen LogP contribution in [0.2, 0.25) is 0 Å². The fourth-order valence-electron chi connectivity index (χ4n) is 1.44. The third-order valence-electron chi connectivity index (χ3n) is 2.43. The number of carbonyl (C=O) groups is 1. The van der Waals surface area contributed by atoms with Crippen molar-refractivity contribution in [2.24, 2.45) is 0 Å². The molecule has 1 unspecified atom stereocenters. The third-order valence-corrected chi connectivity index (χ3v) is 2.43. The van der Waals surface area contributed by atoms with Gasteiger partial charge >= 0.3 is 0 Å². The number of rotatable bonds is 7. The molecule has 18 heavy (non-hydrogen) atoms. The predicted molar refractivity (Wildman–Crippen MR) is 70.5 cm³/mol. The SMILES string of the molecule is C=CCNC(=O)C(C)Oc1ccc(CCO)cc1. The van der Waals surface area contributed by atoms with Crippen molar-refractivity contribution < 1.29 is 14.6 Å². The summed E-state index contributed by atoms with van der Waals surface area (Å²) in [7, 11) is 0. The molecule has 0 fully saturated rings. The van der Waals surface area contributed by atoms with Crippen LogP contribution in [0.5, 0.6) is 5.75 Å². The van der Waals surface area contributed by atoms with Crippen LogP contribution in [0.25, 0.3) is 0 Å². The Morgan fingerprint density at radius 3 is 2.72 bits per heavy atom. The van der Waals surface area contributed by atoms with Gasteiger partial charge in [-0.05, 0) is 31.0 Å². The van der Waals surface area contributed by atoms with Gasteiger partial charge in [0.2, 0.25) is 0 Å². The molecule has 0 aliphatic carbocycles. The molecule has 0 radical (unpaired) electrons. The molecule has 1 rings (SSSR count). The second kappa shape index (κ2) is 7.50. The fraction of sp³-hybridized carbons (Fsp3) is 0.357. The first-order chi connectivity index (χ1) is 8.67. The summed E-state index contributed by atoms with van der Waals surface area (Å²) >= 11 is 0. The van der Waals surface area contributed by atoms with E-state index in [-0.39, 0.29) is 12.5 Å². The van der Waals surface area contributed by atoms with Crippen LogP contribution in [0.1, 0.15) is 12.5 Å². The van der Waals surface area contributed by atoms with Gasteiger partial charge in [-0.15, -0.1) is 6.58 Å². The van der Waals surface area contributed by atoms with Crippen molar-refractivity contribution in [3.05, 3.63) is 42.5 Å². The summed E-state index contributed by atoms with van der Waals surface area (Å²) in [6.45, 7) is 5.78. The molecule has 98 valence electrons. The molecule has 0 spiro atoms. The molecule has 1 amide bonds. The molecule has 4 heteroatoms. The molecule has 0 heterocycles. The van der Waals surface area contributed by atoms with Gasteiger partial charge < -0.3 is 15.2 Å². The monoisotopic (exact) mass is 249 g/mol. The maximum atomic E-state index is 11.6. The van der Waals surface area contributed by atoms with Gasteiger partial charge in [-0.25, -0.2) is 0 Å². The fourth-order valence-corrected chi connectivity index (χ4v) is 1.44. The largest absolute Gasteiger partial charge is 0.481 e. The highest BCUT2D eigenvalue weighted by Gasteiger charge is 2.13. The lowest BCUT2D eigenvalue weighted by atomic mass is 10.1. The van der Waals surface area contributed by atoms with Crippen molar-refractivity contribution in [2.45, 2.75) is 19.4 Å². The van der Waals surface area contributed by atoms with Crippen LogP contribution >= 0.6 is 0 Å². The zero-order valence-corrected chi connectivity index (χ0v) is 10.6. The third kappa shape index (κ3) is 4.59. The molecule has 0 saturated carbocycles. The normalized spacial score (nSPS) is 11.7. The van der Waals surface area contributed by atoms with Crippen LogP contribution in [-0.4, -0.2) is 30.3 Å². The molecule has 0 aromatic heterocycles. The second-order valence-electron chi connectivity index (χ2n) is 3.91. The molecule has 0 aliphatic rings. The van der Waals surface area contributed by atoms with Gasteiger partial charge in [-0.1, -0.05) is 18.2 Å². The van der Waals surface area contributed by atoms with Crippen LogP contribution in [0.15, 0.2) is 36.9 Å². The van der Waals surface area contributed by atoms with E-state index in [1.54, 1.807) is 25.1 Å². The molecule has 2 N–H and O–H groups in total. The summed E-state index contributed by atoms with van der Waals surface area (Å²) in [6, 6.07) is 7.34. The highest BCUT2D eigenvalue weighted by Crippen LogP contribution is 2.14. The van der Waals surface area contributed by atoms with Crippen molar-refractivity contribution in [2.75, 3.05) is 13.2 Å². The number of carbonyl (C=O) groups excluding carboxylic acids is 1. The summed E-state index contributed by atoms with van der Waals surface area (Å²) in [4.78, 5) is 11.6. The van der Waals surface area contributed by atoms with Gasteiger partial charge in [0.25, 0.3) is 5.91 Å². The van der Waals surface area contributed by atoms with Gasteiger partial charge in [0.05, 0.1) is 0 Å². The number of hydrogen-bond acceptors (Lipinski definition) is 3. The Bertz CT molecular complexity index is 387. The Morgan fingerprint density at radius 2 is 2.17 bits per heavy atom. The maximum Gasteiger partial charge on any atom is 0.261 e. The smallest absolute Gasteiger partial charge is 0.261 e. The average Bonchev–Trinajstić information content (AvgIpc) is 2.38. The lowest BCUT2D eigenvalue weighted by molar-refractivity contribution is -0.127. The Labute approximate surface area is 107 Å². The number of aliphatic hydroxyl groups excluding tert-OH is 1. The Morgan fingerprint density at radius 1 is 1.50 bits per heavy atom. The molecule has 0 bridgehead atoms. The molecule has 0 aliphatic heterocycles. The number of hydrogen-bond donors (Lipinski definition) is 2. The van der Waals surface area contributed by atoms with Crippen LogP contribution in [0.3, 0.4) is 0 Å². The lowest BCUT2D eigenvalue weighted by Gasteiger charge is -2.14. The number of aliphatic hydroxyl groups is 1. The lowest BCUT2D eigenvalue weighted by Crippen LogP contribution is -2.36. The Balaban J connectivity index is 2.50. The molecule has 0 saturated heterocycles. The molecule has 4 nitrogen and oxygen atoms in total. The van der Waals surface area contributed by atoms with E-state index >= 15 is 0 Å². The summed E-state index contributed by atoms with van der Waals surface area (Å²) < 4.78 is 5.50. The molecular formula is C14H19NO3. The molecule has 1 aromatic rings. The van der Waals surface area contributed by atoms with Crippen molar-refractivity contribution in [1.82, 2.24) is 5.32 Å². The van der Waals surface area contributed by atoms with E-state index in [0.29, 0.717) is 18.7 Å². The van der Waals surface area contributed by atoms with E-state index in [1.807, 2.05) is 12.1 Å². The van der Waals surface area contributed by atoms with E-state index in [4.69, 9.17) is 9.84 Å². The number of ether oxygens (including phenoxy) is 1. The van der Waals surface area contributed by atoms with E-state index in [9.17, 15) is 4.79 Å². The minimum absolute atomic E-state index is 0.126. The van der Waals surface area contributed by atoms with Crippen LogP contribution < -0.4 is 10.1 Å². The second-order valence-corrected chi connectivity index (χ2v) is 3.91. The molecular weight excluding hydrogens is 230 g/mol. The summed E-state index contributed by atoms with van der Waals surface area (Å²) in [5.41, 5.74) is 1.04. The summed E-state index contributed by atoms with van der Waals surface area (Å²) in [6.07, 6.45) is 1.69. The number of amides is 1. The Hall–Kier alpha value is -1.81. The first kappa shape index (κ1) is 14.3. The van der Waals surface area contributed by atoms with Gasteiger partial charge in [0.15, 0.2) is 6.10 Å². The molecule has 1 aromatic carbocycles. The highest BCUT2D eigenvalue weighted by atomic mass is 16.5. The zero-order chi connectivity index (χ0) is 13.4. The predicted octanol–water partition coefficient (Wildman–Crippen LogP) is 1.29. The topological polar surface area (TPSA) is 58.6 Å². The van der Waals surface area contributed by atoms with Crippen molar-refractivity contribution in [3.8, 4) is 5.75 Å². The minimum Gasteiger partial charge on any atom is -0.481 e. The van der Waals surface area contributed by atoms with Crippen molar-refractivity contribution in [3.63, 3.8) is 0 Å². The quantitative estimate of drug-likeness (QED) is 0.716. The van der Waals surface area contributed by atoms with Gasteiger partial charge in [-0.3, -0.25) is 4.79 Å². The first-order valence-corrected chi connectivity index (χ1v) is 5.92. The summed E-state index contributed by atoms with van der Waals surface area (Å²) in [5.74, 6) is 0.465. The zero-order valence-electron chi connectivity index (χ0n) is 10.6. The van der Waals surface area contributed by atoms with E-state index in [1.165, 1.54) is 0 Å². The Kier molecular flexibility index (Phi) is 5.94. The van der Waals surface area contributed by atoms with Crippen molar-refractivity contribution in [1.29, 1.82) is 0 Å². The number of benzene rings is 1. The van der Waals surface area contributed by atoms with Crippen LogP contribution in [0, 0.1) is 0 Å². The standard InChI is InChI=1S/C14H19NO3/c1-3-9-15-14(17)11(2)18-13-6-4-12(5-7-13)8-10-16/h3-7,11,16H,1,8-10H2,2H3,(H,15,17). The van der Waals surface area contributed by atoms with Crippen LogP contribution in [0.4, 0.5) is 0 Å². The van der Waals surface area contributed by atoms with E-state index in [2.05, 4.69) is 11.9 Å². The van der Waals surface area contributed by atoms with E-state index in [0.717, 1.165) is 5.56 Å². The maximum absolute atomic E-state index is 11.6. The first-order valence-electron chi connectivity index (χ1n) is 5.92. The summed E-state index contributed by atoms with van der Waals surface area (Å²) in [5, 5.41) is 11.5. The van der Waals surface area contributed by atoms with Crippen molar-refractivity contribution >= 4 is 5.91 Å². The van der Waals surface area contributed by atoms with Crippen LogP contribution in [-0.2, 0) is 11.2 Å². The average molecular weight is 249 g/mol. The van der Waals surface area contributed by atoms with Gasteiger partial charge in [0, 0.05) is 13.2 Å². The van der Waals surface area contributed by atoms with Gasteiger partial charge in [0.1, 0.15) is 5.75 Å². The molecule has 1 atom stereocenters. The minimum atomic E-state index is -0.548. The van der Waals surface area contributed by atoms with E-state index < -0.39 is 6.10 Å². The highest BCUT2D eigenvalue weighted by molar-refractivity contribution is 5.80. The number of nitrogens with one attached hydrogen (secondary N) is 1. The van der Waals surface area contributed by atoms with Gasteiger partial charge in [-0.2, -0.15) is 0 Å².